The van der Waals surface area contributed by atoms with E-state index in [9.17, 15) is 10.2 Å². The van der Waals surface area contributed by atoms with Crippen molar-refractivity contribution in [2.45, 2.75) is 88.9 Å². The Hall–Kier alpha value is -1.61. The topological polar surface area (TPSA) is 40.5 Å². The average molecular weight is 387 g/mol. The molecule has 0 fully saturated rings. The summed E-state index contributed by atoms with van der Waals surface area (Å²) in [7, 11) is 0. The Bertz CT molecular complexity index is 737. The summed E-state index contributed by atoms with van der Waals surface area (Å²) >= 11 is 1.76. The maximum Gasteiger partial charge on any atom is 0.119 e. The van der Waals surface area contributed by atoms with Crippen molar-refractivity contribution in [3.8, 4) is 11.5 Å². The van der Waals surface area contributed by atoms with Crippen LogP contribution in [-0.4, -0.2) is 10.2 Å². The molecule has 148 valence electrons. The molecular formula is C24H34O2S. The van der Waals surface area contributed by atoms with E-state index >= 15 is 0 Å². The molecule has 3 heteroatoms. The lowest BCUT2D eigenvalue weighted by Gasteiger charge is -2.21. The van der Waals surface area contributed by atoms with E-state index in [1.165, 1.54) is 9.79 Å². The maximum atomic E-state index is 10.5. The summed E-state index contributed by atoms with van der Waals surface area (Å²) < 4.78 is 0. The van der Waals surface area contributed by atoms with Gasteiger partial charge in [-0.15, -0.1) is 0 Å². The third-order valence-corrected chi connectivity index (χ3v) is 6.17. The van der Waals surface area contributed by atoms with Crippen LogP contribution in [0, 0.1) is 0 Å². The SMILES string of the molecule is CC(C)c1cc(Sc2cc(C(C)C)c(O)cc2C(C)C)c(C(C)C)cc1O. The molecular weight excluding hydrogens is 352 g/mol. The molecule has 0 amide bonds. The normalized spacial score (nSPS) is 12.0. The standard InChI is InChI=1S/C24H34O2S/c1-13(2)17-11-23(19(15(5)6)9-21(17)25)27-24-12-18(14(3)4)22(26)10-20(24)16(7)8/h9-16,25-26H,1-8H3. The summed E-state index contributed by atoms with van der Waals surface area (Å²) in [6.07, 6.45) is 0. The third kappa shape index (κ3) is 4.82. The minimum Gasteiger partial charge on any atom is -0.508 e. The van der Waals surface area contributed by atoms with Gasteiger partial charge in [-0.05, 0) is 70.2 Å². The van der Waals surface area contributed by atoms with Gasteiger partial charge in [-0.2, -0.15) is 0 Å². The van der Waals surface area contributed by atoms with Gasteiger partial charge in [0.2, 0.25) is 0 Å². The Labute approximate surface area is 169 Å². The largest absolute Gasteiger partial charge is 0.508 e. The lowest BCUT2D eigenvalue weighted by Crippen LogP contribution is -1.99. The molecule has 2 aromatic rings. The molecule has 0 saturated carbocycles. The Kier molecular flexibility index (Phi) is 6.91. The van der Waals surface area contributed by atoms with Gasteiger partial charge in [0, 0.05) is 9.79 Å². The highest BCUT2D eigenvalue weighted by Gasteiger charge is 2.19. The van der Waals surface area contributed by atoms with Crippen LogP contribution in [0.15, 0.2) is 34.1 Å². The zero-order valence-corrected chi connectivity index (χ0v) is 18.7. The molecule has 0 radical (unpaired) electrons. The highest BCUT2D eigenvalue weighted by Crippen LogP contribution is 2.44. The van der Waals surface area contributed by atoms with E-state index in [1.54, 1.807) is 11.8 Å². The zero-order chi connectivity index (χ0) is 20.5. The summed E-state index contributed by atoms with van der Waals surface area (Å²) in [6, 6.07) is 8.15. The van der Waals surface area contributed by atoms with Crippen LogP contribution in [0.1, 0.15) is 101 Å². The molecule has 0 unspecified atom stereocenters. The predicted octanol–water partition coefficient (Wildman–Crippen LogP) is 7.74. The van der Waals surface area contributed by atoms with Crippen molar-refractivity contribution in [2.24, 2.45) is 0 Å². The fourth-order valence-corrected chi connectivity index (χ4v) is 4.76. The highest BCUT2D eigenvalue weighted by molar-refractivity contribution is 7.99. The van der Waals surface area contributed by atoms with Crippen molar-refractivity contribution < 1.29 is 10.2 Å². The summed E-state index contributed by atoms with van der Waals surface area (Å²) in [5, 5.41) is 20.9. The van der Waals surface area contributed by atoms with E-state index in [0.29, 0.717) is 23.3 Å². The Balaban J connectivity index is 2.64. The Morgan fingerprint density at radius 1 is 0.519 bits per heavy atom. The van der Waals surface area contributed by atoms with Crippen LogP contribution < -0.4 is 0 Å². The quantitative estimate of drug-likeness (QED) is 0.533. The molecule has 27 heavy (non-hydrogen) atoms. The fourth-order valence-electron chi connectivity index (χ4n) is 3.32. The van der Waals surface area contributed by atoms with Gasteiger partial charge in [0.05, 0.1) is 0 Å². The van der Waals surface area contributed by atoms with Crippen LogP contribution in [-0.2, 0) is 0 Å². The smallest absolute Gasteiger partial charge is 0.119 e. The van der Waals surface area contributed by atoms with Crippen molar-refractivity contribution in [1.82, 2.24) is 0 Å². The van der Waals surface area contributed by atoms with E-state index in [1.807, 2.05) is 12.1 Å². The molecule has 0 spiro atoms. The summed E-state index contributed by atoms with van der Waals surface area (Å²) in [4.78, 5) is 2.38. The molecule has 0 aliphatic carbocycles. The van der Waals surface area contributed by atoms with Crippen LogP contribution in [0.4, 0.5) is 0 Å². The van der Waals surface area contributed by atoms with Gasteiger partial charge in [-0.25, -0.2) is 0 Å². The number of hydrogen-bond donors (Lipinski definition) is 2. The monoisotopic (exact) mass is 386 g/mol. The fraction of sp³-hybridized carbons (Fsp3) is 0.500. The molecule has 0 aliphatic rings. The van der Waals surface area contributed by atoms with Crippen molar-refractivity contribution >= 4 is 11.8 Å². The average Bonchev–Trinajstić information content (AvgIpc) is 2.56. The number of benzene rings is 2. The number of aromatic hydroxyl groups is 2. The molecule has 0 aliphatic heterocycles. The third-order valence-electron chi connectivity index (χ3n) is 5.03. The van der Waals surface area contributed by atoms with Gasteiger partial charge in [-0.1, -0.05) is 67.2 Å². The maximum absolute atomic E-state index is 10.5. The van der Waals surface area contributed by atoms with Gasteiger partial charge in [0.25, 0.3) is 0 Å². The first-order chi connectivity index (χ1) is 12.5. The second-order valence-electron chi connectivity index (χ2n) is 8.62. The van der Waals surface area contributed by atoms with Crippen LogP contribution in [0.5, 0.6) is 11.5 Å². The van der Waals surface area contributed by atoms with Crippen LogP contribution in [0.25, 0.3) is 0 Å². The molecule has 2 aromatic carbocycles. The second-order valence-corrected chi connectivity index (χ2v) is 9.70. The van der Waals surface area contributed by atoms with E-state index in [2.05, 4.69) is 67.5 Å². The molecule has 0 atom stereocenters. The first-order valence-corrected chi connectivity index (χ1v) is 10.8. The molecule has 2 nitrogen and oxygen atoms in total. The molecule has 0 bridgehead atoms. The van der Waals surface area contributed by atoms with Crippen molar-refractivity contribution in [1.29, 1.82) is 0 Å². The molecule has 0 heterocycles. The first kappa shape index (κ1) is 21.7. The zero-order valence-electron chi connectivity index (χ0n) is 17.9. The molecule has 0 saturated heterocycles. The van der Waals surface area contributed by atoms with E-state index in [4.69, 9.17) is 0 Å². The number of rotatable bonds is 6. The molecule has 0 aromatic heterocycles. The second kappa shape index (κ2) is 8.60. The summed E-state index contributed by atoms with van der Waals surface area (Å²) in [6.45, 7) is 17.1. The van der Waals surface area contributed by atoms with Crippen LogP contribution in [0.2, 0.25) is 0 Å². The lowest BCUT2D eigenvalue weighted by atomic mass is 9.96. The van der Waals surface area contributed by atoms with Crippen molar-refractivity contribution in [2.75, 3.05) is 0 Å². The molecule has 2 rings (SSSR count). The van der Waals surface area contributed by atoms with Crippen molar-refractivity contribution in [3.63, 3.8) is 0 Å². The van der Waals surface area contributed by atoms with E-state index < -0.39 is 0 Å². The van der Waals surface area contributed by atoms with Crippen LogP contribution >= 0.6 is 11.8 Å². The Morgan fingerprint density at radius 3 is 1.07 bits per heavy atom. The minimum atomic E-state index is 0.265. The van der Waals surface area contributed by atoms with Gasteiger partial charge in [-0.3, -0.25) is 0 Å². The summed E-state index contributed by atoms with van der Waals surface area (Å²) in [5.41, 5.74) is 4.29. The highest BCUT2D eigenvalue weighted by atomic mass is 32.2. The van der Waals surface area contributed by atoms with Gasteiger partial charge < -0.3 is 10.2 Å². The van der Waals surface area contributed by atoms with Crippen molar-refractivity contribution in [3.05, 3.63) is 46.5 Å². The predicted molar refractivity (Wildman–Crippen MR) is 117 cm³/mol. The van der Waals surface area contributed by atoms with Gasteiger partial charge >= 0.3 is 0 Å². The van der Waals surface area contributed by atoms with Gasteiger partial charge in [0.15, 0.2) is 0 Å². The summed E-state index contributed by atoms with van der Waals surface area (Å²) in [5.74, 6) is 1.95. The lowest BCUT2D eigenvalue weighted by molar-refractivity contribution is 0.462. The van der Waals surface area contributed by atoms with E-state index in [-0.39, 0.29) is 11.8 Å². The van der Waals surface area contributed by atoms with Gasteiger partial charge in [0.1, 0.15) is 11.5 Å². The Morgan fingerprint density at radius 2 is 0.815 bits per heavy atom. The number of hydrogen-bond acceptors (Lipinski definition) is 3. The minimum absolute atomic E-state index is 0.265. The van der Waals surface area contributed by atoms with Crippen LogP contribution in [0.3, 0.4) is 0 Å². The first-order valence-electron chi connectivity index (χ1n) is 9.94. The van der Waals surface area contributed by atoms with E-state index in [0.717, 1.165) is 22.3 Å². The number of phenolic OH excluding ortho intramolecular Hbond substituents is 2. The molecule has 2 N–H and O–H groups in total. The number of phenols is 2.